The standard InChI is InChI=1S/C17H19ClN2O4/c1-17(23,9-13-6-4-8-24-13)11-20-16(22)15(21)19-10-12-5-2-3-7-14(12)18/h2-8,23H,9-11H2,1H3,(H,19,21)(H,20,22). The largest absolute Gasteiger partial charge is 0.469 e. The number of hydrogen-bond acceptors (Lipinski definition) is 4. The van der Waals surface area contributed by atoms with Crippen molar-refractivity contribution in [1.82, 2.24) is 10.6 Å². The monoisotopic (exact) mass is 350 g/mol. The lowest BCUT2D eigenvalue weighted by Crippen LogP contribution is -2.47. The topological polar surface area (TPSA) is 91.6 Å². The SMILES string of the molecule is CC(O)(CNC(=O)C(=O)NCc1ccccc1Cl)Cc1ccco1. The third kappa shape index (κ3) is 5.40. The molecule has 7 heteroatoms. The molecule has 1 heterocycles. The molecule has 24 heavy (non-hydrogen) atoms. The summed E-state index contributed by atoms with van der Waals surface area (Å²) in [6.45, 7) is 1.62. The van der Waals surface area contributed by atoms with E-state index in [0.717, 1.165) is 0 Å². The van der Waals surface area contributed by atoms with Gasteiger partial charge in [0, 0.05) is 24.5 Å². The van der Waals surface area contributed by atoms with E-state index in [2.05, 4.69) is 10.6 Å². The summed E-state index contributed by atoms with van der Waals surface area (Å²) in [5.74, 6) is -1.01. The average Bonchev–Trinajstić information content (AvgIpc) is 3.03. The maximum atomic E-state index is 11.8. The van der Waals surface area contributed by atoms with Crippen LogP contribution < -0.4 is 10.6 Å². The van der Waals surface area contributed by atoms with E-state index in [0.29, 0.717) is 16.3 Å². The van der Waals surface area contributed by atoms with Crippen molar-refractivity contribution < 1.29 is 19.1 Å². The molecule has 1 unspecified atom stereocenters. The van der Waals surface area contributed by atoms with Crippen LogP contribution in [0.25, 0.3) is 0 Å². The minimum Gasteiger partial charge on any atom is -0.469 e. The van der Waals surface area contributed by atoms with E-state index < -0.39 is 17.4 Å². The van der Waals surface area contributed by atoms with Crippen molar-refractivity contribution in [3.8, 4) is 0 Å². The minimum absolute atomic E-state index is 0.0773. The van der Waals surface area contributed by atoms with Gasteiger partial charge in [0.1, 0.15) is 5.76 Å². The van der Waals surface area contributed by atoms with Gasteiger partial charge in [-0.05, 0) is 30.7 Å². The first-order valence-corrected chi connectivity index (χ1v) is 7.79. The van der Waals surface area contributed by atoms with Gasteiger partial charge in [0.15, 0.2) is 0 Å². The van der Waals surface area contributed by atoms with Crippen LogP contribution in [0.2, 0.25) is 5.02 Å². The van der Waals surface area contributed by atoms with Crippen molar-refractivity contribution in [2.24, 2.45) is 0 Å². The van der Waals surface area contributed by atoms with Crippen molar-refractivity contribution in [3.63, 3.8) is 0 Å². The molecule has 128 valence electrons. The van der Waals surface area contributed by atoms with Crippen LogP contribution in [0.3, 0.4) is 0 Å². The van der Waals surface area contributed by atoms with E-state index >= 15 is 0 Å². The molecule has 2 aromatic rings. The van der Waals surface area contributed by atoms with Gasteiger partial charge < -0.3 is 20.2 Å². The summed E-state index contributed by atoms with van der Waals surface area (Å²) >= 11 is 5.98. The highest BCUT2D eigenvalue weighted by Gasteiger charge is 2.25. The van der Waals surface area contributed by atoms with Crippen molar-refractivity contribution in [1.29, 1.82) is 0 Å². The molecule has 0 fully saturated rings. The fraction of sp³-hybridized carbons (Fsp3) is 0.294. The Morgan fingerprint density at radius 1 is 1.17 bits per heavy atom. The van der Waals surface area contributed by atoms with Crippen molar-refractivity contribution >= 4 is 23.4 Å². The summed E-state index contributed by atoms with van der Waals surface area (Å²) in [7, 11) is 0. The fourth-order valence-electron chi connectivity index (χ4n) is 2.10. The first-order chi connectivity index (χ1) is 11.4. The summed E-state index contributed by atoms with van der Waals surface area (Å²) in [6.07, 6.45) is 1.73. The summed E-state index contributed by atoms with van der Waals surface area (Å²) < 4.78 is 5.16. The second-order valence-corrected chi connectivity index (χ2v) is 6.12. The molecule has 0 radical (unpaired) electrons. The number of furan rings is 1. The molecule has 0 aliphatic carbocycles. The van der Waals surface area contributed by atoms with Crippen molar-refractivity contribution in [3.05, 3.63) is 59.0 Å². The van der Waals surface area contributed by atoms with Gasteiger partial charge in [-0.3, -0.25) is 9.59 Å². The van der Waals surface area contributed by atoms with E-state index in [9.17, 15) is 14.7 Å². The van der Waals surface area contributed by atoms with E-state index in [1.54, 1.807) is 43.3 Å². The van der Waals surface area contributed by atoms with Crippen molar-refractivity contribution in [2.45, 2.75) is 25.5 Å². The quantitative estimate of drug-likeness (QED) is 0.691. The second-order valence-electron chi connectivity index (χ2n) is 5.71. The number of nitrogens with one attached hydrogen (secondary N) is 2. The van der Waals surface area contributed by atoms with Crippen LogP contribution in [-0.4, -0.2) is 29.1 Å². The van der Waals surface area contributed by atoms with Crippen LogP contribution in [0, 0.1) is 0 Å². The number of benzene rings is 1. The van der Waals surface area contributed by atoms with Gasteiger partial charge in [-0.1, -0.05) is 29.8 Å². The van der Waals surface area contributed by atoms with Gasteiger partial charge in [0.2, 0.25) is 0 Å². The predicted molar refractivity (Wildman–Crippen MR) is 89.3 cm³/mol. The van der Waals surface area contributed by atoms with Gasteiger partial charge in [-0.25, -0.2) is 0 Å². The number of halogens is 1. The van der Waals surface area contributed by atoms with Crippen LogP contribution in [0.15, 0.2) is 47.1 Å². The molecule has 1 aromatic heterocycles. The van der Waals surface area contributed by atoms with Crippen LogP contribution in [0.4, 0.5) is 0 Å². The Morgan fingerprint density at radius 3 is 2.54 bits per heavy atom. The predicted octanol–water partition coefficient (Wildman–Crippen LogP) is 1.66. The molecule has 2 amide bonds. The van der Waals surface area contributed by atoms with Crippen LogP contribution >= 0.6 is 11.6 Å². The zero-order valence-electron chi connectivity index (χ0n) is 13.2. The molecule has 0 aliphatic rings. The molecule has 0 bridgehead atoms. The second kappa shape index (κ2) is 7.99. The van der Waals surface area contributed by atoms with Gasteiger partial charge >= 0.3 is 11.8 Å². The van der Waals surface area contributed by atoms with Gasteiger partial charge in [-0.2, -0.15) is 0 Å². The molecule has 2 rings (SSSR count). The third-order valence-electron chi connectivity index (χ3n) is 3.37. The first kappa shape index (κ1) is 18.0. The molecule has 6 nitrogen and oxygen atoms in total. The number of hydrogen-bond donors (Lipinski definition) is 3. The maximum absolute atomic E-state index is 11.8. The third-order valence-corrected chi connectivity index (χ3v) is 3.74. The molecule has 0 saturated carbocycles. The average molecular weight is 351 g/mol. The molecule has 3 N–H and O–H groups in total. The Balaban J connectivity index is 1.79. The molecule has 0 aliphatic heterocycles. The summed E-state index contributed by atoms with van der Waals surface area (Å²) in [4.78, 5) is 23.6. The highest BCUT2D eigenvalue weighted by molar-refractivity contribution is 6.35. The zero-order chi connectivity index (χ0) is 17.6. The number of rotatable bonds is 6. The van der Waals surface area contributed by atoms with Crippen LogP contribution in [0.5, 0.6) is 0 Å². The summed E-state index contributed by atoms with van der Waals surface area (Å²) in [6, 6.07) is 10.5. The number of carbonyl (C=O) groups excluding carboxylic acids is 2. The Morgan fingerprint density at radius 2 is 1.88 bits per heavy atom. The molecular weight excluding hydrogens is 332 g/mol. The molecule has 0 spiro atoms. The van der Waals surface area contributed by atoms with Gasteiger partial charge in [0.05, 0.1) is 11.9 Å². The summed E-state index contributed by atoms with van der Waals surface area (Å²) in [5.41, 5.74) is -0.513. The van der Waals surface area contributed by atoms with E-state index in [1.807, 2.05) is 0 Å². The van der Waals surface area contributed by atoms with Crippen LogP contribution in [-0.2, 0) is 22.6 Å². The minimum atomic E-state index is -1.23. The molecular formula is C17H19ClN2O4. The van der Waals surface area contributed by atoms with Crippen LogP contribution in [0.1, 0.15) is 18.2 Å². The lowest BCUT2D eigenvalue weighted by molar-refractivity contribution is -0.139. The first-order valence-electron chi connectivity index (χ1n) is 7.41. The number of amides is 2. The van der Waals surface area contributed by atoms with Gasteiger partial charge in [-0.15, -0.1) is 0 Å². The Bertz CT molecular complexity index is 698. The highest BCUT2D eigenvalue weighted by Crippen LogP contribution is 2.14. The number of aliphatic hydroxyl groups is 1. The van der Waals surface area contributed by atoms with Crippen molar-refractivity contribution in [2.75, 3.05) is 6.54 Å². The lowest BCUT2D eigenvalue weighted by atomic mass is 10.0. The molecule has 1 atom stereocenters. The fourth-order valence-corrected chi connectivity index (χ4v) is 2.30. The van der Waals surface area contributed by atoms with E-state index in [1.165, 1.54) is 6.26 Å². The van der Waals surface area contributed by atoms with E-state index in [4.69, 9.17) is 16.0 Å². The smallest absolute Gasteiger partial charge is 0.309 e. The molecule has 0 saturated heterocycles. The number of carbonyl (C=O) groups is 2. The Labute approximate surface area is 144 Å². The molecule has 1 aromatic carbocycles. The zero-order valence-corrected chi connectivity index (χ0v) is 14.0. The highest BCUT2D eigenvalue weighted by atomic mass is 35.5. The van der Waals surface area contributed by atoms with E-state index in [-0.39, 0.29) is 19.5 Å². The normalized spacial score (nSPS) is 13.1. The Kier molecular flexibility index (Phi) is 6.00. The Hall–Kier alpha value is -2.31. The van der Waals surface area contributed by atoms with Gasteiger partial charge in [0.25, 0.3) is 0 Å². The maximum Gasteiger partial charge on any atom is 0.309 e. The lowest BCUT2D eigenvalue weighted by Gasteiger charge is -2.22. The summed E-state index contributed by atoms with van der Waals surface area (Å²) in [5, 5.41) is 15.6.